The van der Waals surface area contributed by atoms with Gasteiger partial charge in [-0.25, -0.2) is 9.18 Å². The average Bonchev–Trinajstić information content (AvgIpc) is 2.34. The quantitative estimate of drug-likeness (QED) is 0.763. The standard InChI is InChI=1S/C14H19FN2O2/c15-12-6-4-11(5-7-12)13(10-2-1-3-10)17-14(19)16-8-9-18/h4-7,10,13,18H,1-3,8-9H2,(H2,16,17,19). The summed E-state index contributed by atoms with van der Waals surface area (Å²) in [6.07, 6.45) is 3.31. The van der Waals surface area contributed by atoms with Crippen LogP contribution in [0.5, 0.6) is 0 Å². The molecular formula is C14H19FN2O2. The summed E-state index contributed by atoms with van der Waals surface area (Å²) in [7, 11) is 0. The lowest BCUT2D eigenvalue weighted by molar-refractivity contribution is 0.205. The summed E-state index contributed by atoms with van der Waals surface area (Å²) in [6, 6.07) is 5.86. The molecule has 5 heteroatoms. The van der Waals surface area contributed by atoms with E-state index in [1.165, 1.54) is 18.6 Å². The van der Waals surface area contributed by atoms with Gasteiger partial charge in [0.05, 0.1) is 12.6 Å². The zero-order valence-electron chi connectivity index (χ0n) is 10.7. The molecule has 0 bridgehead atoms. The van der Waals surface area contributed by atoms with Gasteiger partial charge in [-0.15, -0.1) is 0 Å². The van der Waals surface area contributed by atoms with Crippen molar-refractivity contribution in [3.8, 4) is 0 Å². The van der Waals surface area contributed by atoms with Gasteiger partial charge in [0.25, 0.3) is 0 Å². The molecule has 0 radical (unpaired) electrons. The summed E-state index contributed by atoms with van der Waals surface area (Å²) in [5.74, 6) is 0.131. The van der Waals surface area contributed by atoms with Crippen LogP contribution in [0.1, 0.15) is 30.9 Å². The molecule has 1 fully saturated rings. The van der Waals surface area contributed by atoms with Crippen molar-refractivity contribution in [3.05, 3.63) is 35.6 Å². The van der Waals surface area contributed by atoms with E-state index in [0.29, 0.717) is 5.92 Å². The van der Waals surface area contributed by atoms with E-state index in [0.717, 1.165) is 18.4 Å². The largest absolute Gasteiger partial charge is 0.395 e. The average molecular weight is 266 g/mol. The Balaban J connectivity index is 2.03. The number of rotatable bonds is 5. The van der Waals surface area contributed by atoms with E-state index >= 15 is 0 Å². The number of aliphatic hydroxyl groups is 1. The van der Waals surface area contributed by atoms with Crippen LogP contribution in [0.2, 0.25) is 0 Å². The molecule has 2 rings (SSSR count). The Morgan fingerprint density at radius 2 is 2.05 bits per heavy atom. The lowest BCUT2D eigenvalue weighted by atomic mass is 9.77. The number of amides is 2. The van der Waals surface area contributed by atoms with E-state index in [9.17, 15) is 9.18 Å². The molecule has 1 aromatic carbocycles. The van der Waals surface area contributed by atoms with Gasteiger partial charge in [0.1, 0.15) is 5.82 Å². The smallest absolute Gasteiger partial charge is 0.315 e. The molecule has 1 aliphatic rings. The number of halogens is 1. The van der Waals surface area contributed by atoms with Crippen LogP contribution in [0, 0.1) is 11.7 Å². The third-order valence-corrected chi connectivity index (χ3v) is 3.53. The second kappa shape index (κ2) is 6.52. The molecule has 0 heterocycles. The van der Waals surface area contributed by atoms with E-state index in [-0.39, 0.29) is 31.0 Å². The predicted octanol–water partition coefficient (Wildman–Crippen LogP) is 1.96. The second-order valence-electron chi connectivity index (χ2n) is 4.84. The maximum Gasteiger partial charge on any atom is 0.315 e. The zero-order valence-corrected chi connectivity index (χ0v) is 10.7. The molecule has 0 spiro atoms. The SMILES string of the molecule is O=C(NCCO)NC(c1ccc(F)cc1)C1CCC1. The first-order valence-corrected chi connectivity index (χ1v) is 6.61. The Hall–Kier alpha value is -1.62. The van der Waals surface area contributed by atoms with Gasteiger partial charge >= 0.3 is 6.03 Å². The van der Waals surface area contributed by atoms with Crippen molar-refractivity contribution in [3.63, 3.8) is 0 Å². The third-order valence-electron chi connectivity index (χ3n) is 3.53. The Labute approximate surface area is 112 Å². The minimum Gasteiger partial charge on any atom is -0.395 e. The van der Waals surface area contributed by atoms with Crippen molar-refractivity contribution < 1.29 is 14.3 Å². The number of nitrogens with one attached hydrogen (secondary N) is 2. The molecule has 1 unspecified atom stereocenters. The molecule has 0 aromatic heterocycles. The first kappa shape index (κ1) is 13.8. The maximum absolute atomic E-state index is 12.9. The number of hydrogen-bond donors (Lipinski definition) is 3. The number of carbonyl (C=O) groups is 1. The molecular weight excluding hydrogens is 247 g/mol. The maximum atomic E-state index is 12.9. The van der Waals surface area contributed by atoms with E-state index in [1.54, 1.807) is 12.1 Å². The van der Waals surface area contributed by atoms with Crippen molar-refractivity contribution >= 4 is 6.03 Å². The number of benzene rings is 1. The number of hydrogen-bond acceptors (Lipinski definition) is 2. The third kappa shape index (κ3) is 3.67. The fourth-order valence-corrected chi connectivity index (χ4v) is 2.28. The normalized spacial score (nSPS) is 16.5. The fourth-order valence-electron chi connectivity index (χ4n) is 2.28. The first-order valence-electron chi connectivity index (χ1n) is 6.61. The Bertz CT molecular complexity index is 418. The molecule has 104 valence electrons. The van der Waals surface area contributed by atoms with Crippen molar-refractivity contribution in [2.24, 2.45) is 5.92 Å². The molecule has 4 nitrogen and oxygen atoms in total. The molecule has 2 amide bonds. The molecule has 0 saturated heterocycles. The predicted molar refractivity (Wildman–Crippen MR) is 70.1 cm³/mol. The number of urea groups is 1. The molecule has 1 saturated carbocycles. The summed E-state index contributed by atoms with van der Waals surface area (Å²) in [6.45, 7) is 0.144. The van der Waals surface area contributed by atoms with Crippen molar-refractivity contribution in [2.75, 3.05) is 13.2 Å². The van der Waals surface area contributed by atoms with Crippen LogP contribution in [-0.4, -0.2) is 24.3 Å². The van der Waals surface area contributed by atoms with E-state index in [4.69, 9.17) is 5.11 Å². The van der Waals surface area contributed by atoms with Gasteiger partial charge in [-0.05, 0) is 36.5 Å². The van der Waals surface area contributed by atoms with Gasteiger partial charge < -0.3 is 15.7 Å². The molecule has 1 aromatic rings. The monoisotopic (exact) mass is 266 g/mol. The molecule has 1 aliphatic carbocycles. The van der Waals surface area contributed by atoms with Crippen LogP contribution in [0.3, 0.4) is 0 Å². The number of carbonyl (C=O) groups excluding carboxylic acids is 1. The second-order valence-corrected chi connectivity index (χ2v) is 4.84. The highest BCUT2D eigenvalue weighted by molar-refractivity contribution is 5.74. The highest BCUT2D eigenvalue weighted by Crippen LogP contribution is 2.37. The van der Waals surface area contributed by atoms with Crippen LogP contribution in [-0.2, 0) is 0 Å². The summed E-state index contributed by atoms with van der Waals surface area (Å²) in [4.78, 5) is 11.7. The van der Waals surface area contributed by atoms with E-state index < -0.39 is 0 Å². The number of aliphatic hydroxyl groups excluding tert-OH is 1. The minimum absolute atomic E-state index is 0.0853. The van der Waals surface area contributed by atoms with Crippen molar-refractivity contribution in [1.82, 2.24) is 10.6 Å². The highest BCUT2D eigenvalue weighted by atomic mass is 19.1. The molecule has 3 N–H and O–H groups in total. The van der Waals surface area contributed by atoms with E-state index in [2.05, 4.69) is 10.6 Å². The van der Waals surface area contributed by atoms with Gasteiger partial charge in [-0.3, -0.25) is 0 Å². The summed E-state index contributed by atoms with van der Waals surface area (Å²) in [5.41, 5.74) is 0.922. The Morgan fingerprint density at radius 3 is 2.58 bits per heavy atom. The van der Waals surface area contributed by atoms with Gasteiger partial charge in [-0.1, -0.05) is 18.6 Å². The van der Waals surface area contributed by atoms with Gasteiger partial charge in [-0.2, -0.15) is 0 Å². The molecule has 1 atom stereocenters. The van der Waals surface area contributed by atoms with Crippen LogP contribution in [0.25, 0.3) is 0 Å². The lowest BCUT2D eigenvalue weighted by Crippen LogP contribution is -2.42. The van der Waals surface area contributed by atoms with Crippen LogP contribution < -0.4 is 10.6 Å². The summed E-state index contributed by atoms with van der Waals surface area (Å²) < 4.78 is 12.9. The first-order chi connectivity index (χ1) is 9.20. The molecule has 0 aliphatic heterocycles. The van der Waals surface area contributed by atoms with Gasteiger partial charge in [0, 0.05) is 6.54 Å². The van der Waals surface area contributed by atoms with Crippen LogP contribution >= 0.6 is 0 Å². The summed E-state index contributed by atoms with van der Waals surface area (Å²) in [5, 5.41) is 14.2. The van der Waals surface area contributed by atoms with Gasteiger partial charge in [0.2, 0.25) is 0 Å². The summed E-state index contributed by atoms with van der Waals surface area (Å²) >= 11 is 0. The Kier molecular flexibility index (Phi) is 4.74. The van der Waals surface area contributed by atoms with Gasteiger partial charge in [0.15, 0.2) is 0 Å². The minimum atomic E-state index is -0.296. The van der Waals surface area contributed by atoms with Crippen molar-refractivity contribution in [1.29, 1.82) is 0 Å². The Morgan fingerprint density at radius 1 is 1.37 bits per heavy atom. The highest BCUT2D eigenvalue weighted by Gasteiger charge is 2.29. The zero-order chi connectivity index (χ0) is 13.7. The molecule has 19 heavy (non-hydrogen) atoms. The van der Waals surface area contributed by atoms with Crippen LogP contribution in [0.4, 0.5) is 9.18 Å². The fraction of sp³-hybridized carbons (Fsp3) is 0.500. The lowest BCUT2D eigenvalue weighted by Gasteiger charge is -2.34. The van der Waals surface area contributed by atoms with Crippen molar-refractivity contribution in [2.45, 2.75) is 25.3 Å². The topological polar surface area (TPSA) is 61.4 Å². The van der Waals surface area contributed by atoms with Crippen LogP contribution in [0.15, 0.2) is 24.3 Å². The van der Waals surface area contributed by atoms with E-state index in [1.807, 2.05) is 0 Å².